The van der Waals surface area contributed by atoms with Crippen molar-refractivity contribution < 1.29 is 0 Å². The van der Waals surface area contributed by atoms with E-state index in [1.165, 1.54) is 5.56 Å². The standard InChI is InChI=1S/C15H12IN/c1-11-5-7-12(8-6-11)15(10-17)13-3-2-4-14(16)9-13/h2-9,15H,1H3. The van der Waals surface area contributed by atoms with Gasteiger partial charge in [0.1, 0.15) is 0 Å². The van der Waals surface area contributed by atoms with Crippen LogP contribution in [0.4, 0.5) is 0 Å². The van der Waals surface area contributed by atoms with E-state index in [0.717, 1.165) is 14.7 Å². The molecule has 0 bridgehead atoms. The average Bonchev–Trinajstić information content (AvgIpc) is 2.33. The molecule has 0 aliphatic rings. The largest absolute Gasteiger partial charge is 0.197 e. The summed E-state index contributed by atoms with van der Waals surface area (Å²) < 4.78 is 1.16. The predicted molar refractivity (Wildman–Crippen MR) is 77.8 cm³/mol. The quantitative estimate of drug-likeness (QED) is 0.754. The molecule has 0 saturated heterocycles. The van der Waals surface area contributed by atoms with E-state index in [-0.39, 0.29) is 5.92 Å². The summed E-state index contributed by atoms with van der Waals surface area (Å²) in [6.45, 7) is 2.05. The molecule has 0 N–H and O–H groups in total. The number of hydrogen-bond donors (Lipinski definition) is 0. The summed E-state index contributed by atoms with van der Waals surface area (Å²) in [5, 5.41) is 9.34. The summed E-state index contributed by atoms with van der Waals surface area (Å²) >= 11 is 2.27. The zero-order valence-corrected chi connectivity index (χ0v) is 11.7. The number of rotatable bonds is 2. The minimum Gasteiger partial charge on any atom is -0.197 e. The number of benzene rings is 2. The number of hydrogen-bond acceptors (Lipinski definition) is 1. The molecule has 84 valence electrons. The molecule has 1 atom stereocenters. The van der Waals surface area contributed by atoms with E-state index in [4.69, 9.17) is 0 Å². The van der Waals surface area contributed by atoms with Crippen LogP contribution in [0.15, 0.2) is 48.5 Å². The fourth-order valence-corrected chi connectivity index (χ4v) is 2.35. The van der Waals surface area contributed by atoms with Gasteiger partial charge in [-0.1, -0.05) is 42.0 Å². The van der Waals surface area contributed by atoms with E-state index in [1.54, 1.807) is 0 Å². The molecule has 1 unspecified atom stereocenters. The SMILES string of the molecule is Cc1ccc(C(C#N)c2cccc(I)c2)cc1. The predicted octanol–water partition coefficient (Wildman–Crippen LogP) is 4.26. The summed E-state index contributed by atoms with van der Waals surface area (Å²) in [4.78, 5) is 0. The maximum atomic E-state index is 9.34. The van der Waals surface area contributed by atoms with Gasteiger partial charge < -0.3 is 0 Å². The van der Waals surface area contributed by atoms with Crippen LogP contribution in [0.3, 0.4) is 0 Å². The molecular weight excluding hydrogens is 321 g/mol. The van der Waals surface area contributed by atoms with Gasteiger partial charge in [-0.2, -0.15) is 5.26 Å². The zero-order chi connectivity index (χ0) is 12.3. The minimum absolute atomic E-state index is 0.176. The molecule has 2 aromatic rings. The maximum absolute atomic E-state index is 9.34. The third-order valence-corrected chi connectivity index (χ3v) is 3.39. The minimum atomic E-state index is -0.176. The normalized spacial score (nSPS) is 11.8. The van der Waals surface area contributed by atoms with Crippen LogP contribution in [0.5, 0.6) is 0 Å². The molecule has 2 rings (SSSR count). The van der Waals surface area contributed by atoms with Crippen molar-refractivity contribution in [3.63, 3.8) is 0 Å². The van der Waals surface area contributed by atoms with Crippen molar-refractivity contribution in [3.8, 4) is 6.07 Å². The fourth-order valence-electron chi connectivity index (χ4n) is 1.79. The Kier molecular flexibility index (Phi) is 3.80. The summed E-state index contributed by atoms with van der Waals surface area (Å²) in [5.74, 6) is -0.176. The summed E-state index contributed by atoms with van der Waals surface area (Å²) in [7, 11) is 0. The molecule has 1 nitrogen and oxygen atoms in total. The van der Waals surface area contributed by atoms with E-state index in [9.17, 15) is 5.26 Å². The van der Waals surface area contributed by atoms with Crippen LogP contribution in [-0.4, -0.2) is 0 Å². The van der Waals surface area contributed by atoms with E-state index in [0.29, 0.717) is 0 Å². The summed E-state index contributed by atoms with van der Waals surface area (Å²) in [6.07, 6.45) is 0. The molecule has 2 heteroatoms. The number of aryl methyl sites for hydroxylation is 1. The van der Waals surface area contributed by atoms with Crippen molar-refractivity contribution in [2.75, 3.05) is 0 Å². The number of nitriles is 1. The lowest BCUT2D eigenvalue weighted by atomic mass is 9.92. The van der Waals surface area contributed by atoms with Crippen molar-refractivity contribution in [3.05, 3.63) is 68.8 Å². The first kappa shape index (κ1) is 12.1. The molecule has 0 fully saturated rings. The van der Waals surface area contributed by atoms with Crippen molar-refractivity contribution in [2.24, 2.45) is 0 Å². The Morgan fingerprint density at radius 2 is 1.76 bits per heavy atom. The molecule has 0 aromatic heterocycles. The highest BCUT2D eigenvalue weighted by Crippen LogP contribution is 2.25. The third kappa shape index (κ3) is 2.86. The molecule has 2 aromatic carbocycles. The van der Waals surface area contributed by atoms with Crippen LogP contribution in [-0.2, 0) is 0 Å². The van der Waals surface area contributed by atoms with Gasteiger partial charge in [-0.05, 0) is 52.8 Å². The molecule has 0 heterocycles. The lowest BCUT2D eigenvalue weighted by molar-refractivity contribution is 1.03. The van der Waals surface area contributed by atoms with Gasteiger partial charge in [0.2, 0.25) is 0 Å². The monoisotopic (exact) mass is 333 g/mol. The Hall–Kier alpha value is -1.34. The average molecular weight is 333 g/mol. The van der Waals surface area contributed by atoms with Crippen molar-refractivity contribution >= 4 is 22.6 Å². The highest BCUT2D eigenvalue weighted by atomic mass is 127. The smallest absolute Gasteiger partial charge is 0.0963 e. The Bertz CT molecular complexity index is 552. The molecule has 0 saturated carbocycles. The second-order valence-corrected chi connectivity index (χ2v) is 5.27. The first-order valence-electron chi connectivity index (χ1n) is 5.42. The Balaban J connectivity index is 2.41. The molecule has 0 radical (unpaired) electrons. The van der Waals surface area contributed by atoms with Gasteiger partial charge in [-0.3, -0.25) is 0 Å². The van der Waals surface area contributed by atoms with Crippen molar-refractivity contribution in [1.82, 2.24) is 0 Å². The van der Waals surface area contributed by atoms with Gasteiger partial charge in [-0.25, -0.2) is 0 Å². The van der Waals surface area contributed by atoms with E-state index in [1.807, 2.05) is 42.5 Å². The van der Waals surface area contributed by atoms with Gasteiger partial charge in [0, 0.05) is 3.57 Å². The topological polar surface area (TPSA) is 23.8 Å². The van der Waals surface area contributed by atoms with Crippen LogP contribution in [0, 0.1) is 21.8 Å². The van der Waals surface area contributed by atoms with Crippen LogP contribution in [0.1, 0.15) is 22.6 Å². The molecule has 0 spiro atoms. The molecule has 17 heavy (non-hydrogen) atoms. The fraction of sp³-hybridized carbons (Fsp3) is 0.133. The van der Waals surface area contributed by atoms with Gasteiger partial charge >= 0.3 is 0 Å². The Labute approximate surface area is 115 Å². The zero-order valence-electron chi connectivity index (χ0n) is 9.52. The van der Waals surface area contributed by atoms with Gasteiger partial charge in [0.25, 0.3) is 0 Å². The first-order valence-corrected chi connectivity index (χ1v) is 6.50. The third-order valence-electron chi connectivity index (χ3n) is 2.72. The molecule has 0 aliphatic heterocycles. The van der Waals surface area contributed by atoms with Crippen LogP contribution in [0.25, 0.3) is 0 Å². The first-order chi connectivity index (χ1) is 8.20. The number of nitrogens with zero attached hydrogens (tertiary/aromatic N) is 1. The highest BCUT2D eigenvalue weighted by Gasteiger charge is 2.12. The number of halogens is 1. The van der Waals surface area contributed by atoms with Gasteiger partial charge in [-0.15, -0.1) is 0 Å². The van der Waals surface area contributed by atoms with E-state index < -0.39 is 0 Å². The Morgan fingerprint density at radius 1 is 1.06 bits per heavy atom. The van der Waals surface area contributed by atoms with Crippen LogP contribution >= 0.6 is 22.6 Å². The van der Waals surface area contributed by atoms with Crippen molar-refractivity contribution in [1.29, 1.82) is 5.26 Å². The van der Waals surface area contributed by atoms with Gasteiger partial charge in [0.15, 0.2) is 0 Å². The van der Waals surface area contributed by atoms with Crippen LogP contribution < -0.4 is 0 Å². The van der Waals surface area contributed by atoms with Crippen molar-refractivity contribution in [2.45, 2.75) is 12.8 Å². The molecule has 0 aliphatic carbocycles. The van der Waals surface area contributed by atoms with Crippen LogP contribution in [0.2, 0.25) is 0 Å². The highest BCUT2D eigenvalue weighted by molar-refractivity contribution is 14.1. The maximum Gasteiger partial charge on any atom is 0.0963 e. The Morgan fingerprint density at radius 3 is 2.35 bits per heavy atom. The lowest BCUT2D eigenvalue weighted by Crippen LogP contribution is -1.98. The second kappa shape index (κ2) is 5.33. The van der Waals surface area contributed by atoms with Gasteiger partial charge in [0.05, 0.1) is 12.0 Å². The summed E-state index contributed by atoms with van der Waals surface area (Å²) in [6, 6.07) is 18.6. The second-order valence-electron chi connectivity index (χ2n) is 4.03. The lowest BCUT2D eigenvalue weighted by Gasteiger charge is -2.10. The molecular formula is C15H12IN. The molecule has 0 amide bonds. The van der Waals surface area contributed by atoms with E-state index in [2.05, 4.69) is 41.7 Å². The van der Waals surface area contributed by atoms with E-state index >= 15 is 0 Å². The summed E-state index contributed by atoms with van der Waals surface area (Å²) in [5.41, 5.74) is 3.33.